The second kappa shape index (κ2) is 9.46. The van der Waals surface area contributed by atoms with Gasteiger partial charge in [-0.05, 0) is 35.2 Å². The van der Waals surface area contributed by atoms with Crippen LogP contribution in [0, 0.1) is 0 Å². The zero-order valence-corrected chi connectivity index (χ0v) is 18.1. The molecule has 0 aliphatic heterocycles. The van der Waals surface area contributed by atoms with Crippen molar-refractivity contribution in [2.75, 3.05) is 5.73 Å². The van der Waals surface area contributed by atoms with E-state index in [1.54, 1.807) is 24.4 Å². The van der Waals surface area contributed by atoms with Crippen LogP contribution in [0.25, 0.3) is 11.3 Å². The lowest BCUT2D eigenvalue weighted by molar-refractivity contribution is -0.711. The lowest BCUT2D eigenvalue weighted by Gasteiger charge is -2.07. The zero-order valence-electron chi connectivity index (χ0n) is 17.2. The van der Waals surface area contributed by atoms with Crippen molar-refractivity contribution in [1.82, 2.24) is 5.16 Å². The van der Waals surface area contributed by atoms with Gasteiger partial charge in [-0.25, -0.2) is 13.7 Å². The molecule has 0 aliphatic carbocycles. The van der Waals surface area contributed by atoms with Gasteiger partial charge in [0, 0.05) is 12.5 Å². The van der Waals surface area contributed by atoms with Crippen LogP contribution in [0.3, 0.4) is 0 Å². The lowest BCUT2D eigenvalue weighted by atomic mass is 10.0. The Balaban J connectivity index is 1.45. The van der Waals surface area contributed by atoms with Gasteiger partial charge in [-0.1, -0.05) is 59.8 Å². The van der Waals surface area contributed by atoms with E-state index < -0.39 is 7.82 Å². The third-order valence-electron chi connectivity index (χ3n) is 4.96. The second-order valence-corrected chi connectivity index (χ2v) is 8.60. The molecule has 4 aromatic rings. The van der Waals surface area contributed by atoms with Gasteiger partial charge in [-0.15, -0.1) is 0 Å². The topological polar surface area (TPSA) is 123 Å². The molecule has 2 aromatic heterocycles. The second-order valence-electron chi connectivity index (χ2n) is 7.36. The summed E-state index contributed by atoms with van der Waals surface area (Å²) in [6.07, 6.45) is 3.04. The number of phosphoric acid groups is 1. The maximum absolute atomic E-state index is 10.9. The van der Waals surface area contributed by atoms with Crippen molar-refractivity contribution >= 4 is 13.6 Å². The molecule has 0 spiro atoms. The van der Waals surface area contributed by atoms with Crippen LogP contribution in [-0.2, 0) is 28.7 Å². The van der Waals surface area contributed by atoms with Crippen molar-refractivity contribution in [2.24, 2.45) is 0 Å². The molecule has 0 amide bonds. The number of nitrogens with zero attached hydrogens (tertiary/aromatic N) is 2. The highest BCUT2D eigenvalue weighted by Gasteiger charge is 2.20. The van der Waals surface area contributed by atoms with E-state index >= 15 is 0 Å². The number of pyridine rings is 1. The van der Waals surface area contributed by atoms with Gasteiger partial charge in [0.1, 0.15) is 5.56 Å². The molecule has 0 atom stereocenters. The van der Waals surface area contributed by atoms with E-state index in [9.17, 15) is 4.57 Å². The molecule has 0 aliphatic rings. The van der Waals surface area contributed by atoms with Crippen LogP contribution in [-0.4, -0.2) is 14.9 Å². The molecule has 2 heterocycles. The maximum atomic E-state index is 10.9. The van der Waals surface area contributed by atoms with Gasteiger partial charge >= 0.3 is 7.82 Å². The van der Waals surface area contributed by atoms with Crippen LogP contribution in [0.1, 0.15) is 22.4 Å². The standard InChI is InChI=1S/C23H22N3O5P/c24-23-21(7-4-12-26(23)16-30-32(27,28)29)22-15-20(25-31-22)14-19-10-8-18(9-11-19)13-17-5-2-1-3-6-17/h1-12,15,24H,13-14,16H2,(H2,27,28,29)/p+1. The minimum atomic E-state index is -4.61. The highest BCUT2D eigenvalue weighted by Crippen LogP contribution is 2.35. The van der Waals surface area contributed by atoms with Crippen molar-refractivity contribution in [3.63, 3.8) is 0 Å². The summed E-state index contributed by atoms with van der Waals surface area (Å²) in [5.74, 6) is 0.706. The Kier molecular flexibility index (Phi) is 6.48. The first-order valence-electron chi connectivity index (χ1n) is 9.93. The largest absolute Gasteiger partial charge is 0.472 e. The molecule has 9 heteroatoms. The Morgan fingerprint density at radius 1 is 0.938 bits per heavy atom. The van der Waals surface area contributed by atoms with E-state index in [0.29, 0.717) is 17.7 Å². The molecule has 0 bridgehead atoms. The first kappa shape index (κ1) is 21.9. The first-order valence-corrected chi connectivity index (χ1v) is 11.5. The maximum Gasteiger partial charge on any atom is 0.472 e. The summed E-state index contributed by atoms with van der Waals surface area (Å²) < 4.78 is 22.3. The number of hydrogen-bond acceptors (Lipinski definition) is 5. The summed E-state index contributed by atoms with van der Waals surface area (Å²) in [6, 6.07) is 23.9. The number of anilines is 1. The predicted molar refractivity (Wildman–Crippen MR) is 118 cm³/mol. The zero-order chi connectivity index (χ0) is 22.6. The third kappa shape index (κ3) is 5.69. The van der Waals surface area contributed by atoms with Crippen LogP contribution >= 0.6 is 7.82 Å². The number of rotatable bonds is 8. The molecular formula is C23H23N3O5P+. The highest BCUT2D eigenvalue weighted by atomic mass is 31.2. The van der Waals surface area contributed by atoms with E-state index in [-0.39, 0.29) is 12.5 Å². The molecule has 4 N–H and O–H groups in total. The molecule has 0 radical (unpaired) electrons. The molecule has 0 saturated heterocycles. The monoisotopic (exact) mass is 452 g/mol. The molecule has 164 valence electrons. The number of phosphoric ester groups is 1. The molecule has 0 unspecified atom stereocenters. The fourth-order valence-electron chi connectivity index (χ4n) is 3.36. The molecule has 0 fully saturated rings. The van der Waals surface area contributed by atoms with E-state index in [4.69, 9.17) is 20.0 Å². The Labute approximate surface area is 185 Å². The van der Waals surface area contributed by atoms with Gasteiger partial charge in [0.15, 0.2) is 5.76 Å². The van der Waals surface area contributed by atoms with Crippen LogP contribution in [0.2, 0.25) is 0 Å². The van der Waals surface area contributed by atoms with Crippen LogP contribution < -0.4 is 10.3 Å². The minimum absolute atomic E-state index is 0.244. The fraction of sp³-hybridized carbons (Fsp3) is 0.130. The van der Waals surface area contributed by atoms with Gasteiger partial charge in [-0.2, -0.15) is 0 Å². The summed E-state index contributed by atoms with van der Waals surface area (Å²) in [5.41, 5.74) is 11.0. The van der Waals surface area contributed by atoms with Gasteiger partial charge in [0.2, 0.25) is 6.73 Å². The Bertz CT molecular complexity index is 1240. The van der Waals surface area contributed by atoms with Crippen molar-refractivity contribution in [3.05, 3.63) is 101 Å². The smallest absolute Gasteiger partial charge is 0.356 e. The molecule has 8 nitrogen and oxygen atoms in total. The summed E-state index contributed by atoms with van der Waals surface area (Å²) in [4.78, 5) is 17.8. The summed E-state index contributed by atoms with van der Waals surface area (Å²) in [7, 11) is -4.61. The minimum Gasteiger partial charge on any atom is -0.356 e. The number of aromatic nitrogens is 2. The quantitative estimate of drug-likeness (QED) is 0.276. The number of benzene rings is 2. The van der Waals surface area contributed by atoms with E-state index in [2.05, 4.69) is 46.1 Å². The van der Waals surface area contributed by atoms with Gasteiger partial charge < -0.3 is 14.3 Å². The van der Waals surface area contributed by atoms with Gasteiger partial charge in [0.05, 0.1) is 11.9 Å². The average Bonchev–Trinajstić information content (AvgIpc) is 3.23. The summed E-state index contributed by atoms with van der Waals surface area (Å²) in [5, 5.41) is 4.14. The van der Waals surface area contributed by atoms with Crippen LogP contribution in [0.4, 0.5) is 5.82 Å². The van der Waals surface area contributed by atoms with Crippen LogP contribution in [0.5, 0.6) is 0 Å². The number of nitrogen functional groups attached to an aromatic ring is 1. The van der Waals surface area contributed by atoms with E-state index in [1.807, 2.05) is 18.2 Å². The Morgan fingerprint density at radius 3 is 2.28 bits per heavy atom. The first-order chi connectivity index (χ1) is 15.4. The third-order valence-corrected chi connectivity index (χ3v) is 5.41. The van der Waals surface area contributed by atoms with Crippen molar-refractivity contribution in [1.29, 1.82) is 0 Å². The van der Waals surface area contributed by atoms with E-state index in [0.717, 1.165) is 17.7 Å². The molecule has 0 saturated carbocycles. The molecule has 2 aromatic carbocycles. The SMILES string of the molecule is Nc1c(-c2cc(Cc3ccc(Cc4ccccc4)cc3)no2)ccc[n+]1COP(=O)(O)O. The summed E-state index contributed by atoms with van der Waals surface area (Å²) >= 11 is 0. The lowest BCUT2D eigenvalue weighted by Crippen LogP contribution is -2.38. The van der Waals surface area contributed by atoms with Crippen molar-refractivity contribution in [2.45, 2.75) is 19.6 Å². The van der Waals surface area contributed by atoms with E-state index in [1.165, 1.54) is 15.7 Å². The Hall–Kier alpha value is -3.29. The van der Waals surface area contributed by atoms with Crippen molar-refractivity contribution in [3.8, 4) is 11.3 Å². The van der Waals surface area contributed by atoms with Gasteiger partial charge in [0.25, 0.3) is 5.82 Å². The highest BCUT2D eigenvalue weighted by molar-refractivity contribution is 7.46. The molecule has 32 heavy (non-hydrogen) atoms. The fourth-order valence-corrected chi connectivity index (χ4v) is 3.63. The van der Waals surface area contributed by atoms with Gasteiger partial charge in [-0.3, -0.25) is 5.73 Å². The number of nitrogens with two attached hydrogens (primary N) is 1. The normalized spacial score (nSPS) is 11.6. The number of hydrogen-bond donors (Lipinski definition) is 3. The molecular weight excluding hydrogens is 429 g/mol. The Morgan fingerprint density at radius 2 is 1.59 bits per heavy atom. The molecule has 4 rings (SSSR count). The predicted octanol–water partition coefficient (Wildman–Crippen LogP) is 3.46. The summed E-state index contributed by atoms with van der Waals surface area (Å²) in [6.45, 7) is -0.389. The average molecular weight is 452 g/mol. The van der Waals surface area contributed by atoms with Crippen molar-refractivity contribution < 1.29 is 28.0 Å². The van der Waals surface area contributed by atoms with Crippen LogP contribution in [0.15, 0.2) is 83.5 Å².